The number of phosphoric acid groups is 2. The highest BCUT2D eigenvalue weighted by Gasteiger charge is 2.29. The summed E-state index contributed by atoms with van der Waals surface area (Å²) in [6, 6.07) is 0. The van der Waals surface area contributed by atoms with E-state index >= 15 is 0 Å². The lowest BCUT2D eigenvalue weighted by Crippen LogP contribution is -2.30. The van der Waals surface area contributed by atoms with E-state index in [1.54, 1.807) is 0 Å². The Kier molecular flexibility index (Phi) is 71.5. The van der Waals surface area contributed by atoms with Crippen LogP contribution in [0, 0.1) is 0 Å². The van der Waals surface area contributed by atoms with Crippen molar-refractivity contribution in [2.75, 3.05) is 39.6 Å². The third-order valence-corrected chi connectivity index (χ3v) is 16.9. The lowest BCUT2D eigenvalue weighted by molar-refractivity contribution is -0.161. The minimum absolute atomic E-state index is 0.0298. The summed E-state index contributed by atoms with van der Waals surface area (Å²) in [5.74, 6) is -1.70. The minimum atomic E-state index is -4.97. The van der Waals surface area contributed by atoms with Crippen molar-refractivity contribution in [3.05, 3.63) is 207 Å². The number of carbonyl (C=O) groups excluding carboxylic acids is 3. The maximum atomic E-state index is 13.0. The van der Waals surface area contributed by atoms with Gasteiger partial charge < -0.3 is 34.2 Å². The molecule has 580 valence electrons. The number of hydrogen-bond donors (Lipinski definition) is 4. The van der Waals surface area contributed by atoms with Crippen LogP contribution in [0.15, 0.2) is 207 Å². The van der Waals surface area contributed by atoms with E-state index in [-0.39, 0.29) is 19.3 Å². The van der Waals surface area contributed by atoms with Gasteiger partial charge in [0, 0.05) is 19.3 Å². The zero-order valence-corrected chi connectivity index (χ0v) is 64.9. The van der Waals surface area contributed by atoms with E-state index in [1.807, 2.05) is 0 Å². The fourth-order valence-corrected chi connectivity index (χ4v) is 10.8. The van der Waals surface area contributed by atoms with E-state index in [4.69, 9.17) is 32.3 Å². The van der Waals surface area contributed by atoms with Gasteiger partial charge in [-0.2, -0.15) is 0 Å². The quantitative estimate of drug-likeness (QED) is 0.0146. The number of carbonyl (C=O) groups is 3. The summed E-state index contributed by atoms with van der Waals surface area (Å²) in [6.45, 7) is 2.19. The smallest absolute Gasteiger partial charge is 0.463 e. The van der Waals surface area contributed by atoms with Crippen LogP contribution in [0.4, 0.5) is 0 Å². The zero-order chi connectivity index (χ0) is 75.2. The molecule has 18 heteroatoms. The Morgan fingerprint density at radius 1 is 0.272 bits per heavy atom. The molecule has 0 aromatic heterocycles. The molecular formula is C85H134O16P2. The van der Waals surface area contributed by atoms with Crippen LogP contribution in [0.2, 0.25) is 0 Å². The Hall–Kier alpha value is -5.87. The number of esters is 3. The first kappa shape index (κ1) is 97.1. The third-order valence-electron chi connectivity index (χ3n) is 15.0. The van der Waals surface area contributed by atoms with Gasteiger partial charge in [-0.1, -0.05) is 272 Å². The van der Waals surface area contributed by atoms with E-state index in [9.17, 15) is 43.5 Å². The van der Waals surface area contributed by atoms with Crippen molar-refractivity contribution >= 4 is 33.6 Å². The third kappa shape index (κ3) is 77.1. The van der Waals surface area contributed by atoms with Crippen molar-refractivity contribution in [1.29, 1.82) is 0 Å². The average Bonchev–Trinajstić information content (AvgIpc) is 0.935. The summed E-state index contributed by atoms with van der Waals surface area (Å²) < 4.78 is 61.0. The van der Waals surface area contributed by atoms with Crippen LogP contribution in [0.1, 0.15) is 252 Å². The lowest BCUT2D eigenvalue weighted by atomic mass is 10.1. The molecule has 0 amide bonds. The van der Waals surface area contributed by atoms with Crippen molar-refractivity contribution < 1.29 is 75.8 Å². The molecule has 0 rings (SSSR count). The molecule has 0 radical (unpaired) electrons. The SMILES string of the molecule is CC/C=C\C/C=C\C/C=C\C/C=C\C/C=C\C/C=C\CCCCC(=O)OCC(COP(=O)(O)OCC(O)COP(=O)(O)OCC(O)COC(=O)CCCCCCCCCCC/C=C\C/C=C\C/C=C\C/C=C\C/C=C\CC)OC(=O)CCCC/C=C\C/C=C\C/C=C\C/C=C\C/C=C\C/C=C\CC. The molecule has 16 nitrogen and oxygen atoms in total. The fourth-order valence-electron chi connectivity index (χ4n) is 9.25. The summed E-state index contributed by atoms with van der Waals surface area (Å²) in [7, 11) is -9.84. The molecule has 5 unspecified atom stereocenters. The van der Waals surface area contributed by atoms with Crippen LogP contribution >= 0.6 is 15.6 Å². The Balaban J connectivity index is 4.79. The monoisotopic (exact) mass is 1470 g/mol. The topological polar surface area (TPSA) is 231 Å². The van der Waals surface area contributed by atoms with Crippen LogP contribution in [0.25, 0.3) is 0 Å². The molecular weight excluding hydrogens is 1340 g/mol. The number of unbranched alkanes of at least 4 members (excludes halogenated alkanes) is 13. The first-order valence-electron chi connectivity index (χ1n) is 38.4. The summed E-state index contributed by atoms with van der Waals surface area (Å²) in [6.07, 6.45) is 100. The number of aliphatic hydroxyl groups excluding tert-OH is 2. The van der Waals surface area contributed by atoms with Crippen molar-refractivity contribution in [2.24, 2.45) is 0 Å². The van der Waals surface area contributed by atoms with Crippen molar-refractivity contribution in [3.8, 4) is 0 Å². The van der Waals surface area contributed by atoms with Crippen LogP contribution in [0.5, 0.6) is 0 Å². The molecule has 103 heavy (non-hydrogen) atoms. The van der Waals surface area contributed by atoms with E-state index in [1.165, 1.54) is 25.7 Å². The first-order chi connectivity index (χ1) is 50.2. The average molecular weight is 1470 g/mol. The van der Waals surface area contributed by atoms with E-state index < -0.39 is 91.5 Å². The van der Waals surface area contributed by atoms with E-state index in [0.29, 0.717) is 25.7 Å². The first-order valence-corrected chi connectivity index (χ1v) is 41.4. The number of allylic oxidation sites excluding steroid dienone is 34. The molecule has 0 saturated heterocycles. The lowest BCUT2D eigenvalue weighted by Gasteiger charge is -2.21. The molecule has 0 bridgehead atoms. The van der Waals surface area contributed by atoms with Gasteiger partial charge in [-0.05, 0) is 167 Å². The molecule has 0 aromatic carbocycles. The second-order valence-corrected chi connectivity index (χ2v) is 27.6. The maximum Gasteiger partial charge on any atom is 0.472 e. The highest BCUT2D eigenvalue weighted by molar-refractivity contribution is 7.47. The number of aliphatic hydroxyl groups is 2. The van der Waals surface area contributed by atoms with Gasteiger partial charge in [0.25, 0.3) is 0 Å². The van der Waals surface area contributed by atoms with Crippen LogP contribution in [-0.2, 0) is 55.8 Å². The second-order valence-electron chi connectivity index (χ2n) is 24.7. The standard InChI is InChI=1S/C85H134O16P2/c1-4-7-10-13-16-19-22-25-28-31-34-37-38-39-40-43-45-47-50-53-56-59-62-65-68-71-83(88)95-74-80(86)75-97-102(91,92)98-76-81(87)77-99-103(93,94)100-79-82(101-85(90)73-70-67-64-61-58-55-52-49-46-42-36-33-30-27-24-21-18-15-12-9-6-3)78-96-84(89)72-69-66-63-60-57-54-51-48-44-41-35-32-29-26-23-20-17-14-11-8-5-2/h7-12,16-21,25-30,34-37,39-42,48-49,51-52,57-58,60-61,80-82,86-87H,4-6,13-15,22-24,31-33,38,43-47,50,53-56,59,62-79H2,1-3H3,(H,91,92)(H,93,94)/b10-7-,11-8-,12-9-,19-16-,20-17-,21-18-,28-25-,29-26-,30-27-,37-34-,40-39-,41-35-,42-36-,51-48-,52-49-,60-57-,61-58-. The van der Waals surface area contributed by atoms with Crippen molar-refractivity contribution in [2.45, 2.75) is 270 Å². The molecule has 0 saturated carbocycles. The molecule has 0 spiro atoms. The van der Waals surface area contributed by atoms with E-state index in [0.717, 1.165) is 161 Å². The minimum Gasteiger partial charge on any atom is -0.463 e. The Morgan fingerprint density at radius 3 is 0.786 bits per heavy atom. The second kappa shape index (κ2) is 75.8. The number of hydrogen-bond acceptors (Lipinski definition) is 14. The van der Waals surface area contributed by atoms with Crippen LogP contribution in [-0.4, -0.2) is 95.9 Å². The summed E-state index contributed by atoms with van der Waals surface area (Å²) in [5, 5.41) is 20.6. The molecule has 4 N–H and O–H groups in total. The Bertz CT molecular complexity index is 2700. The van der Waals surface area contributed by atoms with Crippen molar-refractivity contribution in [3.63, 3.8) is 0 Å². The van der Waals surface area contributed by atoms with Crippen LogP contribution in [0.3, 0.4) is 0 Å². The van der Waals surface area contributed by atoms with Crippen LogP contribution < -0.4 is 0 Å². The highest BCUT2D eigenvalue weighted by atomic mass is 31.2. The van der Waals surface area contributed by atoms with Gasteiger partial charge in [-0.25, -0.2) is 9.13 Å². The molecule has 0 aromatic rings. The fraction of sp³-hybridized carbons (Fsp3) is 0.565. The molecule has 5 atom stereocenters. The van der Waals surface area contributed by atoms with E-state index in [2.05, 4.69) is 227 Å². The van der Waals surface area contributed by atoms with Gasteiger partial charge in [-0.15, -0.1) is 0 Å². The van der Waals surface area contributed by atoms with Gasteiger partial charge in [0.1, 0.15) is 25.4 Å². The molecule has 0 aliphatic heterocycles. The largest absolute Gasteiger partial charge is 0.472 e. The van der Waals surface area contributed by atoms with Gasteiger partial charge in [0.15, 0.2) is 6.10 Å². The van der Waals surface area contributed by atoms with Gasteiger partial charge in [0.05, 0.1) is 26.4 Å². The summed E-state index contributed by atoms with van der Waals surface area (Å²) in [4.78, 5) is 58.6. The number of rotatable bonds is 70. The number of phosphoric ester groups is 2. The molecule has 0 aliphatic carbocycles. The molecule has 0 fully saturated rings. The predicted octanol–water partition coefficient (Wildman–Crippen LogP) is 22.5. The van der Waals surface area contributed by atoms with Gasteiger partial charge in [0.2, 0.25) is 0 Å². The van der Waals surface area contributed by atoms with Gasteiger partial charge in [-0.3, -0.25) is 32.5 Å². The normalized spacial score (nSPS) is 15.1. The van der Waals surface area contributed by atoms with Gasteiger partial charge >= 0.3 is 33.6 Å². The zero-order valence-electron chi connectivity index (χ0n) is 63.1. The molecule has 0 heterocycles. The summed E-state index contributed by atoms with van der Waals surface area (Å²) in [5.41, 5.74) is 0. The highest BCUT2D eigenvalue weighted by Crippen LogP contribution is 2.45. The Morgan fingerprint density at radius 2 is 0.485 bits per heavy atom. The molecule has 0 aliphatic rings. The maximum absolute atomic E-state index is 13.0. The van der Waals surface area contributed by atoms with Crippen molar-refractivity contribution in [1.82, 2.24) is 0 Å². The number of ether oxygens (including phenoxy) is 3. The summed E-state index contributed by atoms with van der Waals surface area (Å²) >= 11 is 0. The Labute approximate surface area is 622 Å². The predicted molar refractivity (Wildman–Crippen MR) is 426 cm³/mol.